The zero-order valence-electron chi connectivity index (χ0n) is 4.99. The van der Waals surface area contributed by atoms with E-state index in [0.717, 1.165) is 18.7 Å². The molecule has 9 heavy (non-hydrogen) atoms. The van der Waals surface area contributed by atoms with Crippen molar-refractivity contribution in [2.45, 2.75) is 19.1 Å². The third-order valence-electron chi connectivity index (χ3n) is 1.65. The van der Waals surface area contributed by atoms with Gasteiger partial charge in [-0.25, -0.2) is 4.98 Å². The number of fused-ring (bicyclic) bond motifs is 1. The van der Waals surface area contributed by atoms with Crippen molar-refractivity contribution in [3.05, 3.63) is 18.2 Å². The van der Waals surface area contributed by atoms with E-state index in [1.54, 1.807) is 12.5 Å². The summed E-state index contributed by atoms with van der Waals surface area (Å²) < 4.78 is 1.98. The van der Waals surface area contributed by atoms with Crippen LogP contribution in [0.4, 0.5) is 0 Å². The molecule has 0 bridgehead atoms. The maximum absolute atomic E-state index is 9.09. The highest BCUT2D eigenvalue weighted by molar-refractivity contribution is 5.04. The van der Waals surface area contributed by atoms with E-state index in [0.29, 0.717) is 0 Å². The lowest BCUT2D eigenvalue weighted by Gasteiger charge is -1.94. The van der Waals surface area contributed by atoms with Crippen LogP contribution in [0.25, 0.3) is 0 Å². The Morgan fingerprint density at radius 1 is 1.78 bits per heavy atom. The van der Waals surface area contributed by atoms with Crippen LogP contribution in [-0.4, -0.2) is 20.8 Å². The molecule has 48 valence electrons. The SMILES string of the molecule is OC1Cc2cncn2C1. The Bertz CT molecular complexity index is 198. The first-order chi connectivity index (χ1) is 4.36. The van der Waals surface area contributed by atoms with Gasteiger partial charge in [-0.1, -0.05) is 0 Å². The minimum Gasteiger partial charge on any atom is -0.391 e. The van der Waals surface area contributed by atoms with Crippen LogP contribution in [0.3, 0.4) is 0 Å². The summed E-state index contributed by atoms with van der Waals surface area (Å²) in [4.78, 5) is 3.93. The molecule has 1 aliphatic heterocycles. The standard InChI is InChI=1S/C6H8N2O/c9-6-1-5-2-7-4-8(5)3-6/h2,4,6,9H,1,3H2. The number of hydrogen-bond donors (Lipinski definition) is 1. The number of aromatic nitrogens is 2. The van der Waals surface area contributed by atoms with Crippen LogP contribution >= 0.6 is 0 Å². The van der Waals surface area contributed by atoms with E-state index in [1.165, 1.54) is 0 Å². The third kappa shape index (κ3) is 0.650. The molecule has 0 amide bonds. The molecule has 1 unspecified atom stereocenters. The Morgan fingerprint density at radius 2 is 2.67 bits per heavy atom. The average Bonchev–Trinajstić information content (AvgIpc) is 2.22. The molecule has 0 saturated carbocycles. The molecule has 1 atom stereocenters. The monoisotopic (exact) mass is 124 g/mol. The second-order valence-electron chi connectivity index (χ2n) is 2.40. The smallest absolute Gasteiger partial charge is 0.0949 e. The molecule has 0 fully saturated rings. The highest BCUT2D eigenvalue weighted by Gasteiger charge is 2.17. The van der Waals surface area contributed by atoms with Crippen LogP contribution in [0.5, 0.6) is 0 Å². The molecule has 0 spiro atoms. The largest absolute Gasteiger partial charge is 0.391 e. The van der Waals surface area contributed by atoms with E-state index in [9.17, 15) is 0 Å². The van der Waals surface area contributed by atoms with Crippen molar-refractivity contribution in [3.63, 3.8) is 0 Å². The van der Waals surface area contributed by atoms with E-state index in [1.807, 2.05) is 4.57 Å². The number of rotatable bonds is 0. The summed E-state index contributed by atoms with van der Waals surface area (Å²) in [6.07, 6.45) is 4.14. The number of imidazole rings is 1. The van der Waals surface area contributed by atoms with E-state index >= 15 is 0 Å². The summed E-state index contributed by atoms with van der Waals surface area (Å²) in [5.74, 6) is 0. The summed E-state index contributed by atoms with van der Waals surface area (Å²) in [5, 5.41) is 9.09. The number of hydrogen-bond acceptors (Lipinski definition) is 2. The molecule has 0 radical (unpaired) electrons. The van der Waals surface area contributed by atoms with Crippen molar-refractivity contribution in [2.75, 3.05) is 0 Å². The number of aliphatic hydroxyl groups is 1. The van der Waals surface area contributed by atoms with Crippen LogP contribution in [0, 0.1) is 0 Å². The van der Waals surface area contributed by atoms with Gasteiger partial charge in [0.05, 0.1) is 19.0 Å². The fourth-order valence-electron chi connectivity index (χ4n) is 1.22. The molecule has 3 heteroatoms. The fourth-order valence-corrected chi connectivity index (χ4v) is 1.22. The van der Waals surface area contributed by atoms with Gasteiger partial charge in [0, 0.05) is 18.3 Å². The topological polar surface area (TPSA) is 38.1 Å². The normalized spacial score (nSPS) is 24.3. The van der Waals surface area contributed by atoms with Gasteiger partial charge < -0.3 is 9.67 Å². The zero-order valence-corrected chi connectivity index (χ0v) is 4.99. The molecule has 2 heterocycles. The number of aliphatic hydroxyl groups excluding tert-OH is 1. The molecular formula is C6H8N2O. The lowest BCUT2D eigenvalue weighted by molar-refractivity contribution is 0.175. The minimum absolute atomic E-state index is 0.178. The zero-order chi connectivity index (χ0) is 6.27. The van der Waals surface area contributed by atoms with Crippen LogP contribution in [0.15, 0.2) is 12.5 Å². The van der Waals surface area contributed by atoms with Crippen molar-refractivity contribution < 1.29 is 5.11 Å². The van der Waals surface area contributed by atoms with E-state index in [-0.39, 0.29) is 6.10 Å². The van der Waals surface area contributed by atoms with Gasteiger partial charge in [-0.05, 0) is 0 Å². The first-order valence-electron chi connectivity index (χ1n) is 3.03. The van der Waals surface area contributed by atoms with Gasteiger partial charge in [0.1, 0.15) is 0 Å². The van der Waals surface area contributed by atoms with E-state index in [4.69, 9.17) is 5.11 Å². The van der Waals surface area contributed by atoms with E-state index < -0.39 is 0 Å². The average molecular weight is 124 g/mol. The van der Waals surface area contributed by atoms with E-state index in [2.05, 4.69) is 4.98 Å². The maximum atomic E-state index is 9.09. The van der Waals surface area contributed by atoms with Crippen LogP contribution in [-0.2, 0) is 13.0 Å². The van der Waals surface area contributed by atoms with Gasteiger partial charge in [0.15, 0.2) is 0 Å². The summed E-state index contributed by atoms with van der Waals surface area (Å²) in [6, 6.07) is 0. The van der Waals surface area contributed by atoms with Gasteiger partial charge >= 0.3 is 0 Å². The molecule has 1 aromatic heterocycles. The van der Waals surface area contributed by atoms with Gasteiger partial charge in [0.2, 0.25) is 0 Å². The molecule has 1 N–H and O–H groups in total. The highest BCUT2D eigenvalue weighted by atomic mass is 16.3. The summed E-state index contributed by atoms with van der Waals surface area (Å²) in [5.41, 5.74) is 1.14. The molecule has 0 aliphatic carbocycles. The van der Waals surface area contributed by atoms with Gasteiger partial charge in [-0.3, -0.25) is 0 Å². The Balaban J connectivity index is 2.39. The summed E-state index contributed by atoms with van der Waals surface area (Å²) >= 11 is 0. The second kappa shape index (κ2) is 1.57. The number of nitrogens with zero attached hydrogens (tertiary/aromatic N) is 2. The van der Waals surface area contributed by atoms with Crippen molar-refractivity contribution in [2.24, 2.45) is 0 Å². The lowest BCUT2D eigenvalue weighted by Crippen LogP contribution is -2.06. The Labute approximate surface area is 53.0 Å². The van der Waals surface area contributed by atoms with Crippen molar-refractivity contribution >= 4 is 0 Å². The Kier molecular flexibility index (Phi) is 0.873. The molecule has 0 saturated heterocycles. The van der Waals surface area contributed by atoms with Gasteiger partial charge in [-0.2, -0.15) is 0 Å². The van der Waals surface area contributed by atoms with Crippen molar-refractivity contribution in [1.82, 2.24) is 9.55 Å². The first kappa shape index (κ1) is 4.99. The molecule has 1 aliphatic rings. The predicted octanol–water partition coefficient (Wildman–Crippen LogP) is -0.200. The molecular weight excluding hydrogens is 116 g/mol. The van der Waals surface area contributed by atoms with Crippen LogP contribution < -0.4 is 0 Å². The fraction of sp³-hybridized carbons (Fsp3) is 0.500. The summed E-state index contributed by atoms with van der Waals surface area (Å²) in [7, 11) is 0. The minimum atomic E-state index is -0.178. The van der Waals surface area contributed by atoms with Crippen LogP contribution in [0.1, 0.15) is 5.69 Å². The molecule has 1 aromatic rings. The maximum Gasteiger partial charge on any atom is 0.0949 e. The van der Waals surface area contributed by atoms with Crippen molar-refractivity contribution in [1.29, 1.82) is 0 Å². The molecule has 3 nitrogen and oxygen atoms in total. The Morgan fingerprint density at radius 3 is 3.44 bits per heavy atom. The van der Waals surface area contributed by atoms with Crippen LogP contribution in [0.2, 0.25) is 0 Å². The Hall–Kier alpha value is -0.830. The summed E-state index contributed by atoms with van der Waals surface area (Å²) in [6.45, 7) is 0.718. The van der Waals surface area contributed by atoms with Crippen molar-refractivity contribution in [3.8, 4) is 0 Å². The molecule has 2 rings (SSSR count). The lowest BCUT2D eigenvalue weighted by atomic mass is 10.3. The predicted molar refractivity (Wildman–Crippen MR) is 31.9 cm³/mol. The quantitative estimate of drug-likeness (QED) is 0.520. The molecule has 0 aromatic carbocycles. The third-order valence-corrected chi connectivity index (χ3v) is 1.65. The van der Waals surface area contributed by atoms with Gasteiger partial charge in [-0.15, -0.1) is 0 Å². The van der Waals surface area contributed by atoms with Gasteiger partial charge in [0.25, 0.3) is 0 Å². The first-order valence-corrected chi connectivity index (χ1v) is 3.03. The second-order valence-corrected chi connectivity index (χ2v) is 2.40. The highest BCUT2D eigenvalue weighted by Crippen LogP contribution is 2.12.